The van der Waals surface area contributed by atoms with Crippen molar-refractivity contribution >= 4 is 11.6 Å². The van der Waals surface area contributed by atoms with Gasteiger partial charge in [-0.25, -0.2) is 4.68 Å². The fraction of sp³-hybridized carbons (Fsp3) is 0.0909. The number of halogens is 4. The van der Waals surface area contributed by atoms with Crippen molar-refractivity contribution in [3.05, 3.63) is 46.7 Å². The number of alkyl halides is 3. The van der Waals surface area contributed by atoms with Crippen molar-refractivity contribution in [2.45, 2.75) is 6.18 Å². The van der Waals surface area contributed by atoms with Gasteiger partial charge in [-0.05, 0) is 18.2 Å². The van der Waals surface area contributed by atoms with Gasteiger partial charge in [-0.2, -0.15) is 23.5 Å². The summed E-state index contributed by atoms with van der Waals surface area (Å²) in [5.41, 5.74) is -0.484. The van der Waals surface area contributed by atoms with Gasteiger partial charge in [0.25, 0.3) is 0 Å². The highest BCUT2D eigenvalue weighted by Crippen LogP contribution is 2.35. The molecular weight excluding hydrogens is 267 g/mol. The third-order valence-electron chi connectivity index (χ3n) is 2.23. The van der Waals surface area contributed by atoms with Gasteiger partial charge in [-0.3, -0.25) is 0 Å². The summed E-state index contributed by atoms with van der Waals surface area (Å²) in [7, 11) is 0. The van der Waals surface area contributed by atoms with Crippen molar-refractivity contribution in [2.75, 3.05) is 0 Å². The molecule has 0 bridgehead atoms. The van der Waals surface area contributed by atoms with Crippen LogP contribution in [-0.2, 0) is 6.18 Å². The van der Waals surface area contributed by atoms with Gasteiger partial charge < -0.3 is 0 Å². The molecule has 3 nitrogen and oxygen atoms in total. The van der Waals surface area contributed by atoms with Crippen molar-refractivity contribution in [1.29, 1.82) is 5.26 Å². The average Bonchev–Trinajstić information content (AvgIpc) is 2.76. The number of hydrogen-bond acceptors (Lipinski definition) is 2. The Kier molecular flexibility index (Phi) is 3.01. The summed E-state index contributed by atoms with van der Waals surface area (Å²) in [6.07, 6.45) is -1.93. The lowest BCUT2D eigenvalue weighted by Crippen LogP contribution is -2.07. The zero-order valence-electron chi connectivity index (χ0n) is 8.74. The predicted octanol–water partition coefficient (Wildman–Crippen LogP) is 3.42. The Morgan fingerprint density at radius 1 is 1.33 bits per heavy atom. The van der Waals surface area contributed by atoms with E-state index in [0.29, 0.717) is 0 Å². The van der Waals surface area contributed by atoms with Crippen LogP contribution in [0.15, 0.2) is 30.6 Å². The molecule has 0 aliphatic heterocycles. The highest BCUT2D eigenvalue weighted by atomic mass is 35.5. The number of nitriles is 1. The van der Waals surface area contributed by atoms with Crippen LogP contribution in [0.3, 0.4) is 0 Å². The lowest BCUT2D eigenvalue weighted by molar-refractivity contribution is -0.137. The molecule has 2 rings (SSSR count). The Bertz CT molecular complexity index is 625. The first-order valence-corrected chi connectivity index (χ1v) is 5.11. The molecule has 7 heteroatoms. The zero-order chi connectivity index (χ0) is 13.3. The van der Waals surface area contributed by atoms with Crippen LogP contribution in [0.5, 0.6) is 0 Å². The van der Waals surface area contributed by atoms with E-state index >= 15 is 0 Å². The molecule has 92 valence electrons. The maximum Gasteiger partial charge on any atom is 0.417 e. The topological polar surface area (TPSA) is 41.6 Å². The maximum absolute atomic E-state index is 12.6. The predicted molar refractivity (Wildman–Crippen MR) is 58.3 cm³/mol. The van der Waals surface area contributed by atoms with Crippen LogP contribution in [-0.4, -0.2) is 9.78 Å². The van der Waals surface area contributed by atoms with Gasteiger partial charge in [0.05, 0.1) is 28.0 Å². The molecule has 0 aliphatic rings. The van der Waals surface area contributed by atoms with E-state index in [2.05, 4.69) is 5.10 Å². The summed E-state index contributed by atoms with van der Waals surface area (Å²) in [4.78, 5) is 0. The van der Waals surface area contributed by atoms with Gasteiger partial charge >= 0.3 is 6.18 Å². The molecule has 0 saturated carbocycles. The first-order chi connectivity index (χ1) is 8.41. The van der Waals surface area contributed by atoms with Crippen LogP contribution in [0.1, 0.15) is 11.1 Å². The molecule has 2 aromatic rings. The number of benzene rings is 1. The van der Waals surface area contributed by atoms with Crippen LogP contribution < -0.4 is 0 Å². The summed E-state index contributed by atoms with van der Waals surface area (Å²) in [5.74, 6) is 0. The van der Waals surface area contributed by atoms with Crippen molar-refractivity contribution in [2.24, 2.45) is 0 Å². The lowest BCUT2D eigenvalue weighted by atomic mass is 10.2. The molecule has 0 saturated heterocycles. The molecule has 1 heterocycles. The molecule has 0 radical (unpaired) electrons. The molecule has 1 aromatic carbocycles. The first kappa shape index (κ1) is 12.5. The van der Waals surface area contributed by atoms with E-state index in [1.54, 1.807) is 0 Å². The Morgan fingerprint density at radius 3 is 2.61 bits per heavy atom. The van der Waals surface area contributed by atoms with E-state index in [-0.39, 0.29) is 16.3 Å². The number of rotatable bonds is 1. The van der Waals surface area contributed by atoms with Gasteiger partial charge in [0.15, 0.2) is 0 Å². The second kappa shape index (κ2) is 4.35. The number of hydrogen-bond donors (Lipinski definition) is 0. The average molecular weight is 272 g/mol. The third-order valence-corrected chi connectivity index (χ3v) is 2.56. The zero-order valence-corrected chi connectivity index (χ0v) is 9.50. The van der Waals surface area contributed by atoms with E-state index in [9.17, 15) is 13.2 Å². The van der Waals surface area contributed by atoms with Crippen molar-refractivity contribution < 1.29 is 13.2 Å². The fourth-order valence-corrected chi connectivity index (χ4v) is 1.62. The SMILES string of the molecule is N#Cc1cnn(-c2ccc(Cl)c(C(F)(F)F)c2)c1. The van der Waals surface area contributed by atoms with E-state index in [0.717, 1.165) is 12.1 Å². The van der Waals surface area contributed by atoms with Crippen molar-refractivity contribution in [3.8, 4) is 11.8 Å². The molecule has 0 spiro atoms. The van der Waals surface area contributed by atoms with Crippen LogP contribution in [0.25, 0.3) is 5.69 Å². The second-order valence-electron chi connectivity index (χ2n) is 3.45. The molecule has 18 heavy (non-hydrogen) atoms. The van der Waals surface area contributed by atoms with Gasteiger partial charge in [-0.1, -0.05) is 11.6 Å². The highest BCUT2D eigenvalue weighted by molar-refractivity contribution is 6.31. The van der Waals surface area contributed by atoms with Crippen LogP contribution in [0, 0.1) is 11.3 Å². The Morgan fingerprint density at radius 2 is 2.06 bits per heavy atom. The molecule has 0 unspecified atom stereocenters. The fourth-order valence-electron chi connectivity index (χ4n) is 1.39. The minimum atomic E-state index is -4.53. The van der Waals surface area contributed by atoms with Gasteiger partial charge in [0, 0.05) is 6.20 Å². The summed E-state index contributed by atoms with van der Waals surface area (Å²) in [6.45, 7) is 0. The molecular formula is C11H5ClF3N3. The van der Waals surface area contributed by atoms with Crippen LogP contribution in [0.4, 0.5) is 13.2 Å². The largest absolute Gasteiger partial charge is 0.417 e. The quantitative estimate of drug-likeness (QED) is 0.797. The number of nitrogens with zero attached hydrogens (tertiary/aromatic N) is 3. The van der Waals surface area contributed by atoms with Gasteiger partial charge in [0.2, 0.25) is 0 Å². The number of aromatic nitrogens is 2. The van der Waals surface area contributed by atoms with Crippen molar-refractivity contribution in [1.82, 2.24) is 9.78 Å². The summed E-state index contributed by atoms with van der Waals surface area (Å²) in [6, 6.07) is 5.27. The lowest BCUT2D eigenvalue weighted by Gasteiger charge is -2.10. The Hall–Kier alpha value is -2.00. The molecule has 0 fully saturated rings. The van der Waals surface area contributed by atoms with Gasteiger partial charge in [0.1, 0.15) is 6.07 Å². The molecule has 1 aromatic heterocycles. The molecule has 0 aliphatic carbocycles. The van der Waals surface area contributed by atoms with Crippen molar-refractivity contribution in [3.63, 3.8) is 0 Å². The highest BCUT2D eigenvalue weighted by Gasteiger charge is 2.33. The van der Waals surface area contributed by atoms with Gasteiger partial charge in [-0.15, -0.1) is 0 Å². The summed E-state index contributed by atoms with van der Waals surface area (Å²) >= 11 is 5.50. The molecule has 0 amide bonds. The summed E-state index contributed by atoms with van der Waals surface area (Å²) in [5, 5.41) is 12.0. The monoisotopic (exact) mass is 271 g/mol. The molecule has 0 N–H and O–H groups in total. The smallest absolute Gasteiger partial charge is 0.240 e. The Balaban J connectivity index is 2.51. The minimum absolute atomic E-state index is 0.188. The Labute approximate surface area is 105 Å². The standard InChI is InChI=1S/C11H5ClF3N3/c12-10-2-1-8(3-9(10)11(13,14)15)18-6-7(4-16)5-17-18/h1-3,5-6H. The summed E-state index contributed by atoms with van der Waals surface area (Å²) < 4.78 is 39.1. The van der Waals surface area contributed by atoms with E-state index < -0.39 is 11.7 Å². The van der Waals surface area contributed by atoms with E-state index in [4.69, 9.17) is 16.9 Å². The first-order valence-electron chi connectivity index (χ1n) is 4.73. The second-order valence-corrected chi connectivity index (χ2v) is 3.85. The van der Waals surface area contributed by atoms with Crippen LogP contribution in [0.2, 0.25) is 5.02 Å². The van der Waals surface area contributed by atoms with E-state index in [1.165, 1.54) is 23.1 Å². The minimum Gasteiger partial charge on any atom is -0.240 e. The molecule has 0 atom stereocenters. The maximum atomic E-state index is 12.6. The third kappa shape index (κ3) is 2.31. The van der Waals surface area contributed by atoms with Crippen LogP contribution >= 0.6 is 11.6 Å². The van der Waals surface area contributed by atoms with E-state index in [1.807, 2.05) is 6.07 Å². The normalized spacial score (nSPS) is 11.3.